The highest BCUT2D eigenvalue weighted by Gasteiger charge is 2.20. The molecule has 0 unspecified atom stereocenters. The number of ketones is 1. The molecule has 1 saturated carbocycles. The zero-order valence-electron chi connectivity index (χ0n) is 7.87. The average molecular weight is 193 g/mol. The van der Waals surface area contributed by atoms with Gasteiger partial charge in [0.2, 0.25) is 0 Å². The normalized spacial score (nSPS) is 18.5. The van der Waals surface area contributed by atoms with Crippen LogP contribution in [-0.4, -0.2) is 10.8 Å². The molecular formula is C11H12FNO. The Kier molecular flexibility index (Phi) is 2.57. The van der Waals surface area contributed by atoms with Crippen molar-refractivity contribution in [2.45, 2.75) is 31.6 Å². The van der Waals surface area contributed by atoms with E-state index in [2.05, 4.69) is 4.98 Å². The van der Waals surface area contributed by atoms with E-state index >= 15 is 0 Å². The third kappa shape index (κ3) is 1.97. The quantitative estimate of drug-likeness (QED) is 0.685. The molecule has 1 fully saturated rings. The molecule has 0 N–H and O–H groups in total. The molecule has 3 heteroatoms. The highest BCUT2D eigenvalue weighted by Crippen LogP contribution is 2.30. The number of rotatable bonds is 1. The monoisotopic (exact) mass is 193 g/mol. The number of carbonyl (C=O) groups excluding carboxylic acids is 1. The first-order chi connectivity index (χ1) is 6.75. The van der Waals surface area contributed by atoms with Crippen molar-refractivity contribution >= 4 is 5.78 Å². The van der Waals surface area contributed by atoms with E-state index in [9.17, 15) is 9.18 Å². The van der Waals surface area contributed by atoms with E-state index in [1.807, 2.05) is 0 Å². The van der Waals surface area contributed by atoms with Gasteiger partial charge in [-0.2, -0.15) is 0 Å². The van der Waals surface area contributed by atoms with Crippen LogP contribution in [0.15, 0.2) is 18.5 Å². The number of aromatic nitrogens is 1. The fourth-order valence-electron chi connectivity index (χ4n) is 1.92. The Bertz CT molecular complexity index is 341. The summed E-state index contributed by atoms with van der Waals surface area (Å²) in [5.41, 5.74) is 0.928. The Morgan fingerprint density at radius 2 is 2.00 bits per heavy atom. The van der Waals surface area contributed by atoms with Crippen LogP contribution < -0.4 is 0 Å². The Balaban J connectivity index is 2.12. The van der Waals surface area contributed by atoms with Gasteiger partial charge >= 0.3 is 0 Å². The Morgan fingerprint density at radius 3 is 2.64 bits per heavy atom. The molecule has 14 heavy (non-hydrogen) atoms. The number of pyridine rings is 1. The summed E-state index contributed by atoms with van der Waals surface area (Å²) >= 11 is 0. The molecule has 2 nitrogen and oxygen atoms in total. The summed E-state index contributed by atoms with van der Waals surface area (Å²) in [6, 6.07) is 1.52. The lowest BCUT2D eigenvalue weighted by atomic mass is 9.84. The molecule has 0 aliphatic heterocycles. The lowest BCUT2D eigenvalue weighted by Crippen LogP contribution is -2.12. The summed E-state index contributed by atoms with van der Waals surface area (Å²) in [6.07, 6.45) is 5.83. The zero-order chi connectivity index (χ0) is 9.97. The van der Waals surface area contributed by atoms with Crippen molar-refractivity contribution < 1.29 is 9.18 Å². The zero-order valence-corrected chi connectivity index (χ0v) is 7.87. The van der Waals surface area contributed by atoms with Crippen molar-refractivity contribution in [1.29, 1.82) is 0 Å². The summed E-state index contributed by atoms with van der Waals surface area (Å²) in [5, 5.41) is 0. The molecule has 0 aromatic carbocycles. The van der Waals surface area contributed by atoms with Crippen molar-refractivity contribution in [3.05, 3.63) is 29.8 Å². The first-order valence-corrected chi connectivity index (χ1v) is 4.88. The number of hydrogen-bond acceptors (Lipinski definition) is 2. The molecule has 2 rings (SSSR count). The van der Waals surface area contributed by atoms with Gasteiger partial charge in [0, 0.05) is 19.0 Å². The molecule has 1 aromatic rings. The van der Waals surface area contributed by atoms with Crippen molar-refractivity contribution in [2.24, 2.45) is 0 Å². The van der Waals surface area contributed by atoms with Gasteiger partial charge < -0.3 is 0 Å². The summed E-state index contributed by atoms with van der Waals surface area (Å²) in [4.78, 5) is 14.8. The standard InChI is InChI=1S/C11H12FNO/c12-10-5-9(6-13-7-10)8-1-3-11(14)4-2-8/h5-8H,1-4H2. The Labute approximate surface area is 82.2 Å². The summed E-state index contributed by atoms with van der Waals surface area (Å²) in [7, 11) is 0. The number of Topliss-reactive ketones (excluding diaryl/α,β-unsaturated/α-hetero) is 1. The van der Waals surface area contributed by atoms with Crippen LogP contribution in [0.25, 0.3) is 0 Å². The predicted octanol–water partition coefficient (Wildman–Crippen LogP) is 2.45. The molecule has 0 spiro atoms. The molecule has 74 valence electrons. The van der Waals surface area contributed by atoms with Gasteiger partial charge in [-0.1, -0.05) is 0 Å². The third-order valence-corrected chi connectivity index (χ3v) is 2.74. The van der Waals surface area contributed by atoms with Crippen LogP contribution in [0.1, 0.15) is 37.2 Å². The van der Waals surface area contributed by atoms with Crippen LogP contribution in [0, 0.1) is 5.82 Å². The van der Waals surface area contributed by atoms with Crippen LogP contribution in [0.5, 0.6) is 0 Å². The second-order valence-electron chi connectivity index (χ2n) is 3.75. The maximum absolute atomic E-state index is 12.9. The third-order valence-electron chi connectivity index (χ3n) is 2.74. The first kappa shape index (κ1) is 9.31. The van der Waals surface area contributed by atoms with Gasteiger partial charge in [0.1, 0.15) is 11.6 Å². The average Bonchev–Trinajstić information content (AvgIpc) is 2.19. The van der Waals surface area contributed by atoms with Crippen LogP contribution in [-0.2, 0) is 4.79 Å². The van der Waals surface area contributed by atoms with Crippen LogP contribution in [0.3, 0.4) is 0 Å². The minimum atomic E-state index is -0.292. The second kappa shape index (κ2) is 3.86. The lowest BCUT2D eigenvalue weighted by Gasteiger charge is -2.20. The fourth-order valence-corrected chi connectivity index (χ4v) is 1.92. The lowest BCUT2D eigenvalue weighted by molar-refractivity contribution is -0.120. The van der Waals surface area contributed by atoms with E-state index in [1.165, 1.54) is 12.3 Å². The van der Waals surface area contributed by atoms with Crippen LogP contribution in [0.4, 0.5) is 4.39 Å². The minimum absolute atomic E-state index is 0.292. The van der Waals surface area contributed by atoms with Crippen LogP contribution >= 0.6 is 0 Å². The Hall–Kier alpha value is -1.25. The maximum atomic E-state index is 12.9. The fraction of sp³-hybridized carbons (Fsp3) is 0.455. The molecule has 0 radical (unpaired) electrons. The molecule has 1 aliphatic rings. The number of carbonyl (C=O) groups is 1. The SMILES string of the molecule is O=C1CCC(c2cncc(F)c2)CC1. The number of hydrogen-bond donors (Lipinski definition) is 0. The summed E-state index contributed by atoms with van der Waals surface area (Å²) in [5.74, 6) is 0.348. The first-order valence-electron chi connectivity index (χ1n) is 4.88. The van der Waals surface area contributed by atoms with Crippen molar-refractivity contribution in [2.75, 3.05) is 0 Å². The largest absolute Gasteiger partial charge is 0.300 e. The number of nitrogens with zero attached hydrogens (tertiary/aromatic N) is 1. The van der Waals surface area contributed by atoms with Gasteiger partial charge in [0.25, 0.3) is 0 Å². The summed E-state index contributed by atoms with van der Waals surface area (Å²) < 4.78 is 12.9. The highest BCUT2D eigenvalue weighted by atomic mass is 19.1. The van der Waals surface area contributed by atoms with Crippen molar-refractivity contribution in [1.82, 2.24) is 4.98 Å². The molecule has 1 heterocycles. The van der Waals surface area contributed by atoms with Crippen molar-refractivity contribution in [3.63, 3.8) is 0 Å². The van der Waals surface area contributed by atoms with Crippen molar-refractivity contribution in [3.8, 4) is 0 Å². The minimum Gasteiger partial charge on any atom is -0.300 e. The summed E-state index contributed by atoms with van der Waals surface area (Å²) in [6.45, 7) is 0. The van der Waals surface area contributed by atoms with Gasteiger partial charge in [-0.15, -0.1) is 0 Å². The molecule has 0 bridgehead atoms. The molecule has 1 aromatic heterocycles. The number of halogens is 1. The molecule has 0 saturated heterocycles. The van der Waals surface area contributed by atoms with E-state index in [4.69, 9.17) is 0 Å². The van der Waals surface area contributed by atoms with Gasteiger partial charge in [-0.05, 0) is 30.4 Å². The predicted molar refractivity (Wildman–Crippen MR) is 50.4 cm³/mol. The van der Waals surface area contributed by atoms with Gasteiger partial charge in [-0.3, -0.25) is 9.78 Å². The van der Waals surface area contributed by atoms with E-state index in [0.29, 0.717) is 24.5 Å². The second-order valence-corrected chi connectivity index (χ2v) is 3.75. The van der Waals surface area contributed by atoms with E-state index in [1.54, 1.807) is 6.20 Å². The smallest absolute Gasteiger partial charge is 0.141 e. The Morgan fingerprint density at radius 1 is 1.29 bits per heavy atom. The van der Waals surface area contributed by atoms with E-state index in [0.717, 1.165) is 18.4 Å². The van der Waals surface area contributed by atoms with E-state index < -0.39 is 0 Å². The molecule has 0 atom stereocenters. The van der Waals surface area contributed by atoms with Crippen LogP contribution in [0.2, 0.25) is 0 Å². The van der Waals surface area contributed by atoms with Gasteiger partial charge in [0.05, 0.1) is 6.20 Å². The highest BCUT2D eigenvalue weighted by molar-refractivity contribution is 5.79. The molecular weight excluding hydrogens is 181 g/mol. The molecule has 0 amide bonds. The maximum Gasteiger partial charge on any atom is 0.141 e. The topological polar surface area (TPSA) is 30.0 Å². The molecule has 1 aliphatic carbocycles. The van der Waals surface area contributed by atoms with E-state index in [-0.39, 0.29) is 5.82 Å². The van der Waals surface area contributed by atoms with Gasteiger partial charge in [0.15, 0.2) is 0 Å². The van der Waals surface area contributed by atoms with Gasteiger partial charge in [-0.25, -0.2) is 4.39 Å².